The maximum Gasteiger partial charge on any atom is 0.435 e. The Bertz CT molecular complexity index is 1050. The first kappa shape index (κ1) is 35.2. The smallest absolute Gasteiger partial charge is 0.435 e. The van der Waals surface area contributed by atoms with E-state index in [9.17, 15) is 39.5 Å². The standard InChI is InChI=1S/C32H43F9O3/c1-3-4-5-6-7-17-42-22-10-12-23-21(20-22)9-11-25-24(23)15-16-28(2)26(25)13-14-27(28)43-18-8-19-44-29(30(33,34)35,31(36,37)38)32(39,40)41/h10,12,20,24-27H,3-9,11,13-19H2,1-2H3/t24-,25-,26+,27+,28+/m1/s1. The Kier molecular flexibility index (Phi) is 10.9. The zero-order valence-electron chi connectivity index (χ0n) is 25.3. The summed E-state index contributed by atoms with van der Waals surface area (Å²) in [6.45, 7) is 3.31. The zero-order valence-corrected chi connectivity index (χ0v) is 25.3. The number of alkyl halides is 9. The molecule has 0 unspecified atom stereocenters. The Labute approximate surface area is 253 Å². The molecule has 0 aromatic heterocycles. The van der Waals surface area contributed by atoms with Crippen molar-refractivity contribution in [2.75, 3.05) is 19.8 Å². The molecule has 3 aliphatic rings. The Morgan fingerprint density at radius 3 is 2.11 bits per heavy atom. The first-order valence-electron chi connectivity index (χ1n) is 15.8. The fraction of sp³-hybridized carbons (Fsp3) is 0.812. The van der Waals surface area contributed by atoms with Gasteiger partial charge in [0.15, 0.2) is 0 Å². The van der Waals surface area contributed by atoms with Crippen LogP contribution in [0.4, 0.5) is 39.5 Å². The van der Waals surface area contributed by atoms with Crippen LogP contribution in [0.5, 0.6) is 5.75 Å². The summed E-state index contributed by atoms with van der Waals surface area (Å²) >= 11 is 0. The Hall–Kier alpha value is -1.69. The summed E-state index contributed by atoms with van der Waals surface area (Å²) in [6, 6.07) is 6.40. The summed E-state index contributed by atoms with van der Waals surface area (Å²) in [6.07, 6.45) is -9.86. The van der Waals surface area contributed by atoms with Crippen LogP contribution < -0.4 is 4.74 Å². The molecule has 0 amide bonds. The average molecular weight is 647 g/mol. The van der Waals surface area contributed by atoms with Crippen LogP contribution in [0.1, 0.15) is 102 Å². The molecule has 0 saturated heterocycles. The van der Waals surface area contributed by atoms with Crippen molar-refractivity contribution >= 4 is 0 Å². The van der Waals surface area contributed by atoms with Crippen molar-refractivity contribution in [1.29, 1.82) is 0 Å². The lowest BCUT2D eigenvalue weighted by Gasteiger charge is -2.50. The van der Waals surface area contributed by atoms with E-state index in [1.807, 2.05) is 0 Å². The maximum atomic E-state index is 13.1. The van der Waals surface area contributed by atoms with Crippen molar-refractivity contribution in [2.24, 2.45) is 17.3 Å². The van der Waals surface area contributed by atoms with Crippen LogP contribution in [-0.4, -0.2) is 50.1 Å². The Morgan fingerprint density at radius 1 is 0.773 bits per heavy atom. The highest BCUT2D eigenvalue weighted by molar-refractivity contribution is 5.40. The van der Waals surface area contributed by atoms with Gasteiger partial charge in [0.25, 0.3) is 0 Å². The van der Waals surface area contributed by atoms with E-state index < -0.39 is 37.2 Å². The second-order valence-corrected chi connectivity index (χ2v) is 12.9. The van der Waals surface area contributed by atoms with Gasteiger partial charge in [-0.15, -0.1) is 0 Å². The van der Waals surface area contributed by atoms with Gasteiger partial charge in [-0.2, -0.15) is 39.5 Å². The number of ether oxygens (including phenoxy) is 3. The third-order valence-corrected chi connectivity index (χ3v) is 10.3. The molecule has 2 fully saturated rings. The second kappa shape index (κ2) is 13.6. The van der Waals surface area contributed by atoms with E-state index in [1.165, 1.54) is 30.4 Å². The van der Waals surface area contributed by atoms with Gasteiger partial charge in [0, 0.05) is 6.61 Å². The van der Waals surface area contributed by atoms with Gasteiger partial charge in [0.1, 0.15) is 5.75 Å². The summed E-state index contributed by atoms with van der Waals surface area (Å²) in [4.78, 5) is 0. The van der Waals surface area contributed by atoms with Gasteiger partial charge in [-0.25, -0.2) is 0 Å². The van der Waals surface area contributed by atoms with Crippen molar-refractivity contribution in [3.8, 4) is 5.75 Å². The van der Waals surface area contributed by atoms with Gasteiger partial charge in [0.05, 0.1) is 19.3 Å². The molecule has 44 heavy (non-hydrogen) atoms. The Morgan fingerprint density at radius 2 is 1.45 bits per heavy atom. The number of hydrogen-bond donors (Lipinski definition) is 0. The van der Waals surface area contributed by atoms with Gasteiger partial charge in [-0.3, -0.25) is 0 Å². The summed E-state index contributed by atoms with van der Waals surface area (Å²) in [5.74, 6) is 2.06. The highest BCUT2D eigenvalue weighted by Gasteiger charge is 2.85. The van der Waals surface area contributed by atoms with Crippen molar-refractivity contribution in [1.82, 2.24) is 0 Å². The van der Waals surface area contributed by atoms with E-state index in [1.54, 1.807) is 0 Å². The quantitative estimate of drug-likeness (QED) is 0.158. The lowest BCUT2D eigenvalue weighted by molar-refractivity contribution is -0.457. The number of unbranched alkanes of at least 4 members (excludes halogenated alkanes) is 4. The van der Waals surface area contributed by atoms with Crippen LogP contribution in [0, 0.1) is 17.3 Å². The lowest BCUT2D eigenvalue weighted by atomic mass is 9.55. The van der Waals surface area contributed by atoms with E-state index in [-0.39, 0.29) is 18.1 Å². The van der Waals surface area contributed by atoms with E-state index >= 15 is 0 Å². The van der Waals surface area contributed by atoms with Crippen molar-refractivity contribution in [3.63, 3.8) is 0 Å². The monoisotopic (exact) mass is 646 g/mol. The fourth-order valence-corrected chi connectivity index (χ4v) is 8.01. The molecule has 2 saturated carbocycles. The Balaban J connectivity index is 1.31. The number of hydrogen-bond acceptors (Lipinski definition) is 3. The summed E-state index contributed by atoms with van der Waals surface area (Å²) in [5, 5.41) is 0. The fourth-order valence-electron chi connectivity index (χ4n) is 8.01. The van der Waals surface area contributed by atoms with Crippen LogP contribution in [0.2, 0.25) is 0 Å². The topological polar surface area (TPSA) is 27.7 Å². The first-order chi connectivity index (χ1) is 20.6. The number of fused-ring (bicyclic) bond motifs is 5. The third kappa shape index (κ3) is 6.86. The van der Waals surface area contributed by atoms with Crippen molar-refractivity contribution < 1.29 is 53.7 Å². The van der Waals surface area contributed by atoms with Gasteiger partial charge in [-0.1, -0.05) is 45.6 Å². The molecule has 252 valence electrons. The van der Waals surface area contributed by atoms with E-state index in [0.29, 0.717) is 30.8 Å². The molecule has 0 N–H and O–H groups in total. The van der Waals surface area contributed by atoms with Crippen LogP contribution >= 0.6 is 0 Å². The van der Waals surface area contributed by atoms with E-state index in [4.69, 9.17) is 9.47 Å². The highest BCUT2D eigenvalue weighted by atomic mass is 19.4. The van der Waals surface area contributed by atoms with Gasteiger partial charge < -0.3 is 14.2 Å². The second-order valence-electron chi connectivity index (χ2n) is 12.9. The largest absolute Gasteiger partial charge is 0.494 e. The SMILES string of the molecule is CCCCCCCOc1ccc2c(c1)CC[C@@H]1[C@@H]2CC[C@]2(C)[C@@H](OCCCOC(C(F)(F)F)(C(F)(F)F)C(F)(F)F)CC[C@@H]12. The average Bonchev–Trinajstić information content (AvgIpc) is 3.26. The highest BCUT2D eigenvalue weighted by Crippen LogP contribution is 2.62. The van der Waals surface area contributed by atoms with Gasteiger partial charge in [0.2, 0.25) is 0 Å². The van der Waals surface area contributed by atoms with Crippen molar-refractivity contribution in [2.45, 2.75) is 127 Å². The minimum Gasteiger partial charge on any atom is -0.494 e. The van der Waals surface area contributed by atoms with Crippen LogP contribution in [0.25, 0.3) is 0 Å². The predicted octanol–water partition coefficient (Wildman–Crippen LogP) is 10.1. The summed E-state index contributed by atoms with van der Waals surface area (Å²) in [5.41, 5.74) is -3.80. The number of rotatable bonds is 13. The molecule has 0 bridgehead atoms. The molecular weight excluding hydrogens is 603 g/mol. The lowest BCUT2D eigenvalue weighted by Crippen LogP contribution is -2.67. The molecular formula is C32H43F9O3. The number of aryl methyl sites for hydroxylation is 1. The molecule has 1 aromatic rings. The normalized spacial score (nSPS) is 27.5. The molecule has 0 spiro atoms. The molecule has 0 radical (unpaired) electrons. The first-order valence-corrected chi connectivity index (χ1v) is 15.8. The molecule has 1 aromatic carbocycles. The van der Waals surface area contributed by atoms with Crippen LogP contribution in [0.15, 0.2) is 18.2 Å². The summed E-state index contributed by atoms with van der Waals surface area (Å²) in [7, 11) is 0. The van der Waals surface area contributed by atoms with Crippen molar-refractivity contribution in [3.05, 3.63) is 29.3 Å². The number of benzene rings is 1. The maximum absolute atomic E-state index is 13.1. The van der Waals surface area contributed by atoms with Gasteiger partial charge in [-0.05, 0) is 97.8 Å². The zero-order chi connectivity index (χ0) is 32.4. The minimum absolute atomic E-state index is 0.228. The molecule has 0 heterocycles. The molecule has 0 aliphatic heterocycles. The molecule has 3 aliphatic carbocycles. The van der Waals surface area contributed by atoms with E-state index in [0.717, 1.165) is 50.7 Å². The molecule has 12 heteroatoms. The molecule has 3 nitrogen and oxygen atoms in total. The summed E-state index contributed by atoms with van der Waals surface area (Å²) < 4.78 is 133. The number of halogens is 9. The molecule has 4 rings (SSSR count). The van der Waals surface area contributed by atoms with Crippen LogP contribution in [-0.2, 0) is 15.9 Å². The molecule has 5 atom stereocenters. The van der Waals surface area contributed by atoms with Gasteiger partial charge >= 0.3 is 24.1 Å². The van der Waals surface area contributed by atoms with E-state index in [2.05, 4.69) is 36.8 Å². The van der Waals surface area contributed by atoms with Crippen LogP contribution in [0.3, 0.4) is 0 Å². The minimum atomic E-state index is -6.73. The third-order valence-electron chi connectivity index (χ3n) is 10.3. The predicted molar refractivity (Wildman–Crippen MR) is 147 cm³/mol.